The van der Waals surface area contributed by atoms with Gasteiger partial charge in [0.2, 0.25) is 0 Å². The Morgan fingerprint density at radius 2 is 2.00 bits per heavy atom. The van der Waals surface area contributed by atoms with Crippen LogP contribution in [0.1, 0.15) is 38.7 Å². The minimum atomic E-state index is 0.676. The maximum Gasteiger partial charge on any atom is 0.0716 e. The number of ether oxygens (including phenoxy) is 1. The van der Waals surface area contributed by atoms with Crippen molar-refractivity contribution in [2.24, 2.45) is 5.92 Å². The SMILES string of the molecule is CC/C=C/[C@H](C)CCCOCc1ccccc1. The van der Waals surface area contributed by atoms with Gasteiger partial charge in [-0.1, -0.05) is 56.3 Å². The van der Waals surface area contributed by atoms with Gasteiger partial charge in [-0.15, -0.1) is 0 Å². The molecule has 0 saturated heterocycles. The molecule has 0 spiro atoms. The highest BCUT2D eigenvalue weighted by Crippen LogP contribution is 2.08. The molecule has 1 nitrogen and oxygen atoms in total. The van der Waals surface area contributed by atoms with E-state index in [1.165, 1.54) is 12.0 Å². The summed E-state index contributed by atoms with van der Waals surface area (Å²) in [6.07, 6.45) is 8.04. The van der Waals surface area contributed by atoms with E-state index in [0.717, 1.165) is 26.1 Å². The summed E-state index contributed by atoms with van der Waals surface area (Å²) in [7, 11) is 0. The standard InChI is InChI=1S/C16H24O/c1-3-4-9-15(2)10-8-13-17-14-16-11-6-5-7-12-16/h4-7,9,11-12,15H,3,8,10,13-14H2,1-2H3/b9-4+/t15-/m0/s1. The van der Waals surface area contributed by atoms with Crippen molar-refractivity contribution >= 4 is 0 Å². The zero-order valence-corrected chi connectivity index (χ0v) is 11.1. The van der Waals surface area contributed by atoms with Gasteiger partial charge in [-0.05, 0) is 30.7 Å². The van der Waals surface area contributed by atoms with Crippen molar-refractivity contribution in [2.75, 3.05) is 6.61 Å². The highest BCUT2D eigenvalue weighted by molar-refractivity contribution is 5.13. The van der Waals surface area contributed by atoms with Gasteiger partial charge in [-0.2, -0.15) is 0 Å². The first-order valence-corrected chi connectivity index (χ1v) is 6.61. The van der Waals surface area contributed by atoms with Gasteiger partial charge in [0.15, 0.2) is 0 Å². The first kappa shape index (κ1) is 14.0. The van der Waals surface area contributed by atoms with E-state index in [0.29, 0.717) is 5.92 Å². The second kappa shape index (κ2) is 9.00. The summed E-state index contributed by atoms with van der Waals surface area (Å²) in [6.45, 7) is 6.04. The highest BCUT2D eigenvalue weighted by atomic mass is 16.5. The molecular formula is C16H24O. The minimum absolute atomic E-state index is 0.676. The summed E-state index contributed by atoms with van der Waals surface area (Å²) in [5.41, 5.74) is 1.26. The molecule has 0 heterocycles. The van der Waals surface area contributed by atoms with Crippen LogP contribution in [-0.2, 0) is 11.3 Å². The maximum absolute atomic E-state index is 5.65. The second-order valence-electron chi connectivity index (χ2n) is 4.49. The Balaban J connectivity index is 2.03. The predicted molar refractivity (Wildman–Crippen MR) is 73.9 cm³/mol. The molecular weight excluding hydrogens is 208 g/mol. The molecule has 1 aromatic rings. The quantitative estimate of drug-likeness (QED) is 0.470. The molecule has 0 amide bonds. The molecule has 0 radical (unpaired) electrons. The molecule has 17 heavy (non-hydrogen) atoms. The van der Waals surface area contributed by atoms with Crippen molar-refractivity contribution in [3.8, 4) is 0 Å². The smallest absolute Gasteiger partial charge is 0.0716 e. The van der Waals surface area contributed by atoms with E-state index in [2.05, 4.69) is 50.3 Å². The van der Waals surface area contributed by atoms with Gasteiger partial charge in [0.25, 0.3) is 0 Å². The normalized spacial score (nSPS) is 13.1. The molecule has 0 unspecified atom stereocenters. The van der Waals surface area contributed by atoms with Crippen molar-refractivity contribution in [3.05, 3.63) is 48.0 Å². The van der Waals surface area contributed by atoms with E-state index in [1.807, 2.05) is 6.07 Å². The number of benzene rings is 1. The maximum atomic E-state index is 5.65. The van der Waals surface area contributed by atoms with Crippen molar-refractivity contribution in [3.63, 3.8) is 0 Å². The first-order valence-electron chi connectivity index (χ1n) is 6.61. The Labute approximate surface area is 106 Å². The molecule has 94 valence electrons. The van der Waals surface area contributed by atoms with Crippen molar-refractivity contribution < 1.29 is 4.74 Å². The summed E-state index contributed by atoms with van der Waals surface area (Å²) in [5.74, 6) is 0.676. The predicted octanol–water partition coefficient (Wildman–Crippen LogP) is 4.59. The van der Waals surface area contributed by atoms with Crippen molar-refractivity contribution in [2.45, 2.75) is 39.7 Å². The van der Waals surface area contributed by atoms with Crippen LogP contribution in [0.25, 0.3) is 0 Å². The van der Waals surface area contributed by atoms with Gasteiger partial charge >= 0.3 is 0 Å². The zero-order chi connectivity index (χ0) is 12.3. The van der Waals surface area contributed by atoms with E-state index >= 15 is 0 Å². The van der Waals surface area contributed by atoms with Gasteiger partial charge in [-0.25, -0.2) is 0 Å². The molecule has 0 aliphatic heterocycles. The third-order valence-electron chi connectivity index (χ3n) is 2.76. The van der Waals surface area contributed by atoms with E-state index in [-0.39, 0.29) is 0 Å². The van der Waals surface area contributed by atoms with Gasteiger partial charge < -0.3 is 4.74 Å². The molecule has 1 rings (SSSR count). The summed E-state index contributed by atoms with van der Waals surface area (Å²) in [4.78, 5) is 0. The van der Waals surface area contributed by atoms with Gasteiger partial charge in [0, 0.05) is 6.61 Å². The van der Waals surface area contributed by atoms with Crippen LogP contribution in [0.4, 0.5) is 0 Å². The first-order chi connectivity index (χ1) is 8.33. The average molecular weight is 232 g/mol. The third kappa shape index (κ3) is 6.96. The van der Waals surface area contributed by atoms with Crippen LogP contribution in [0.3, 0.4) is 0 Å². The van der Waals surface area contributed by atoms with Crippen molar-refractivity contribution in [1.29, 1.82) is 0 Å². The molecule has 1 atom stereocenters. The van der Waals surface area contributed by atoms with Crippen LogP contribution in [0.2, 0.25) is 0 Å². The van der Waals surface area contributed by atoms with Crippen LogP contribution in [0.5, 0.6) is 0 Å². The summed E-state index contributed by atoms with van der Waals surface area (Å²) < 4.78 is 5.65. The van der Waals surface area contributed by atoms with Crippen LogP contribution in [0.15, 0.2) is 42.5 Å². The topological polar surface area (TPSA) is 9.23 Å². The van der Waals surface area contributed by atoms with E-state index in [1.54, 1.807) is 0 Å². The molecule has 0 fully saturated rings. The lowest BCUT2D eigenvalue weighted by Crippen LogP contribution is -1.98. The largest absolute Gasteiger partial charge is 0.377 e. The minimum Gasteiger partial charge on any atom is -0.377 e. The lowest BCUT2D eigenvalue weighted by molar-refractivity contribution is 0.115. The van der Waals surface area contributed by atoms with Gasteiger partial charge in [0.1, 0.15) is 0 Å². The molecule has 0 bridgehead atoms. The van der Waals surface area contributed by atoms with E-state index in [9.17, 15) is 0 Å². The lowest BCUT2D eigenvalue weighted by atomic mass is 10.1. The molecule has 0 N–H and O–H groups in total. The van der Waals surface area contributed by atoms with Crippen LogP contribution < -0.4 is 0 Å². The number of hydrogen-bond donors (Lipinski definition) is 0. The summed E-state index contributed by atoms with van der Waals surface area (Å²) in [6, 6.07) is 10.3. The Morgan fingerprint density at radius 1 is 1.24 bits per heavy atom. The fourth-order valence-electron chi connectivity index (χ4n) is 1.74. The summed E-state index contributed by atoms with van der Waals surface area (Å²) >= 11 is 0. The molecule has 1 heteroatoms. The number of allylic oxidation sites excluding steroid dienone is 2. The fourth-order valence-corrected chi connectivity index (χ4v) is 1.74. The molecule has 0 saturated carbocycles. The van der Waals surface area contributed by atoms with Crippen molar-refractivity contribution in [1.82, 2.24) is 0 Å². The zero-order valence-electron chi connectivity index (χ0n) is 11.1. The van der Waals surface area contributed by atoms with Crippen LogP contribution >= 0.6 is 0 Å². The van der Waals surface area contributed by atoms with Crippen LogP contribution in [0, 0.1) is 5.92 Å². The van der Waals surface area contributed by atoms with E-state index in [4.69, 9.17) is 4.74 Å². The van der Waals surface area contributed by atoms with Gasteiger partial charge in [-0.3, -0.25) is 0 Å². The number of hydrogen-bond acceptors (Lipinski definition) is 1. The molecule has 0 aromatic heterocycles. The van der Waals surface area contributed by atoms with Crippen LogP contribution in [-0.4, -0.2) is 6.61 Å². The Morgan fingerprint density at radius 3 is 2.71 bits per heavy atom. The second-order valence-corrected chi connectivity index (χ2v) is 4.49. The Bertz CT molecular complexity index is 303. The molecule has 0 aliphatic rings. The van der Waals surface area contributed by atoms with E-state index < -0.39 is 0 Å². The monoisotopic (exact) mass is 232 g/mol. The average Bonchev–Trinajstić information content (AvgIpc) is 2.37. The molecule has 1 aromatic carbocycles. The Kier molecular flexibility index (Phi) is 7.40. The molecule has 0 aliphatic carbocycles. The fraction of sp³-hybridized carbons (Fsp3) is 0.500. The Hall–Kier alpha value is -1.08. The summed E-state index contributed by atoms with van der Waals surface area (Å²) in [5, 5.41) is 0. The lowest BCUT2D eigenvalue weighted by Gasteiger charge is -2.07. The highest BCUT2D eigenvalue weighted by Gasteiger charge is 1.97. The van der Waals surface area contributed by atoms with Gasteiger partial charge in [0.05, 0.1) is 6.61 Å². The number of rotatable bonds is 8. The third-order valence-corrected chi connectivity index (χ3v) is 2.76.